The summed E-state index contributed by atoms with van der Waals surface area (Å²) in [6.07, 6.45) is 8.27. The van der Waals surface area contributed by atoms with Crippen LogP contribution < -0.4 is 5.32 Å². The van der Waals surface area contributed by atoms with Crippen LogP contribution in [0.25, 0.3) is 0 Å². The van der Waals surface area contributed by atoms with E-state index in [0.29, 0.717) is 12.1 Å². The Morgan fingerprint density at radius 3 is 3.05 bits per heavy atom. The van der Waals surface area contributed by atoms with E-state index in [1.807, 2.05) is 12.5 Å². The van der Waals surface area contributed by atoms with Crippen LogP contribution in [0.1, 0.15) is 18.4 Å². The van der Waals surface area contributed by atoms with E-state index in [2.05, 4.69) is 39.1 Å². The second kappa shape index (κ2) is 5.45. The molecule has 0 bridgehead atoms. The first-order valence-electron chi connectivity index (χ1n) is 6.67. The van der Waals surface area contributed by atoms with Gasteiger partial charge in [-0.3, -0.25) is 0 Å². The molecule has 0 unspecified atom stereocenters. The zero-order valence-corrected chi connectivity index (χ0v) is 11.1. The molecule has 3 rings (SSSR count). The molecule has 0 atom stereocenters. The third-order valence-electron chi connectivity index (χ3n) is 3.65. The summed E-state index contributed by atoms with van der Waals surface area (Å²) < 4.78 is 7.37. The lowest BCUT2D eigenvalue weighted by molar-refractivity contribution is 0.0329. The summed E-state index contributed by atoms with van der Waals surface area (Å²) in [6.45, 7) is 0.862. The van der Waals surface area contributed by atoms with Crippen LogP contribution in [0.3, 0.4) is 0 Å². The van der Waals surface area contributed by atoms with Gasteiger partial charge in [-0.2, -0.15) is 0 Å². The number of nitrogens with zero attached hydrogens (tertiary/aromatic N) is 2. The number of aromatic nitrogens is 2. The van der Waals surface area contributed by atoms with E-state index >= 15 is 0 Å². The Morgan fingerprint density at radius 1 is 1.42 bits per heavy atom. The highest BCUT2D eigenvalue weighted by atomic mass is 16.5. The molecule has 0 saturated heterocycles. The maximum Gasteiger partial charge on any atom is 0.0949 e. The van der Waals surface area contributed by atoms with Gasteiger partial charge in [-0.1, -0.05) is 12.1 Å². The molecule has 4 heteroatoms. The Kier molecular flexibility index (Phi) is 3.51. The average Bonchev–Trinajstić information content (AvgIpc) is 2.86. The Morgan fingerprint density at radius 2 is 2.32 bits per heavy atom. The van der Waals surface area contributed by atoms with Crippen LogP contribution >= 0.6 is 0 Å². The van der Waals surface area contributed by atoms with Crippen LogP contribution in [0, 0.1) is 0 Å². The number of hydrogen-bond donors (Lipinski definition) is 1. The molecule has 0 spiro atoms. The lowest BCUT2D eigenvalue weighted by atomic mass is 9.89. The summed E-state index contributed by atoms with van der Waals surface area (Å²) in [5, 5.41) is 3.56. The standard InChI is InChI=1S/C15H19N3O/c1-19-15-8-14(9-15)17-13-4-2-3-12(7-13)10-18-6-5-16-11-18/h2-7,11,14-15,17H,8-10H2,1H3. The molecule has 1 aromatic heterocycles. The lowest BCUT2D eigenvalue weighted by Gasteiger charge is -2.35. The summed E-state index contributed by atoms with van der Waals surface area (Å²) in [5.41, 5.74) is 2.47. The molecule has 19 heavy (non-hydrogen) atoms. The third-order valence-corrected chi connectivity index (χ3v) is 3.65. The summed E-state index contributed by atoms with van der Waals surface area (Å²) in [5.74, 6) is 0. The minimum Gasteiger partial charge on any atom is -0.382 e. The van der Waals surface area contributed by atoms with Gasteiger partial charge < -0.3 is 14.6 Å². The van der Waals surface area contributed by atoms with Gasteiger partial charge >= 0.3 is 0 Å². The molecule has 0 radical (unpaired) electrons. The van der Waals surface area contributed by atoms with Gasteiger partial charge in [-0.15, -0.1) is 0 Å². The van der Waals surface area contributed by atoms with Gasteiger partial charge in [0.05, 0.1) is 12.4 Å². The number of methoxy groups -OCH3 is 1. The smallest absolute Gasteiger partial charge is 0.0949 e. The molecule has 1 saturated carbocycles. The average molecular weight is 257 g/mol. The number of nitrogens with one attached hydrogen (secondary N) is 1. The number of ether oxygens (including phenoxy) is 1. The number of imidazole rings is 1. The summed E-state index contributed by atoms with van der Waals surface area (Å²) in [6, 6.07) is 9.12. The summed E-state index contributed by atoms with van der Waals surface area (Å²) in [4.78, 5) is 4.06. The number of hydrogen-bond acceptors (Lipinski definition) is 3. The van der Waals surface area contributed by atoms with Gasteiger partial charge in [-0.05, 0) is 30.5 Å². The normalized spacial score (nSPS) is 21.9. The first-order chi connectivity index (χ1) is 9.33. The molecule has 4 nitrogen and oxygen atoms in total. The van der Waals surface area contributed by atoms with Crippen LogP contribution in [-0.2, 0) is 11.3 Å². The van der Waals surface area contributed by atoms with E-state index in [1.54, 1.807) is 13.3 Å². The van der Waals surface area contributed by atoms with Crippen molar-refractivity contribution in [2.24, 2.45) is 0 Å². The van der Waals surface area contributed by atoms with Crippen LogP contribution in [0.5, 0.6) is 0 Å². The summed E-state index contributed by atoms with van der Waals surface area (Å²) in [7, 11) is 1.78. The molecule has 1 heterocycles. The van der Waals surface area contributed by atoms with Gasteiger partial charge in [-0.25, -0.2) is 4.98 Å². The van der Waals surface area contributed by atoms with Gasteiger partial charge in [0.2, 0.25) is 0 Å². The van der Waals surface area contributed by atoms with E-state index in [9.17, 15) is 0 Å². The minimum absolute atomic E-state index is 0.437. The first kappa shape index (κ1) is 12.2. The highest BCUT2D eigenvalue weighted by molar-refractivity contribution is 5.47. The second-order valence-corrected chi connectivity index (χ2v) is 5.11. The molecule has 2 aromatic rings. The highest BCUT2D eigenvalue weighted by Crippen LogP contribution is 2.26. The fourth-order valence-corrected chi connectivity index (χ4v) is 2.46. The Balaban J connectivity index is 1.60. The number of benzene rings is 1. The molecular weight excluding hydrogens is 238 g/mol. The van der Waals surface area contributed by atoms with Gasteiger partial charge in [0.15, 0.2) is 0 Å². The van der Waals surface area contributed by atoms with E-state index in [0.717, 1.165) is 19.4 Å². The largest absolute Gasteiger partial charge is 0.382 e. The molecule has 1 aromatic carbocycles. The zero-order valence-electron chi connectivity index (χ0n) is 11.1. The van der Waals surface area contributed by atoms with Crippen molar-refractivity contribution in [2.45, 2.75) is 31.5 Å². The van der Waals surface area contributed by atoms with E-state index in [1.165, 1.54) is 11.3 Å². The van der Waals surface area contributed by atoms with Crippen molar-refractivity contribution >= 4 is 5.69 Å². The van der Waals surface area contributed by atoms with Crippen molar-refractivity contribution < 1.29 is 4.74 Å². The van der Waals surface area contributed by atoms with Gasteiger partial charge in [0.25, 0.3) is 0 Å². The van der Waals surface area contributed by atoms with Crippen LogP contribution in [0.2, 0.25) is 0 Å². The minimum atomic E-state index is 0.437. The predicted molar refractivity (Wildman–Crippen MR) is 75.2 cm³/mol. The van der Waals surface area contributed by atoms with Crippen LogP contribution in [0.15, 0.2) is 43.0 Å². The van der Waals surface area contributed by atoms with E-state index < -0.39 is 0 Å². The van der Waals surface area contributed by atoms with Crippen molar-refractivity contribution in [3.05, 3.63) is 48.5 Å². The Hall–Kier alpha value is -1.81. The predicted octanol–water partition coefficient (Wildman–Crippen LogP) is 2.52. The quantitative estimate of drug-likeness (QED) is 0.894. The Bertz CT molecular complexity index is 518. The SMILES string of the molecule is COC1CC(Nc2cccc(Cn3ccnc3)c2)C1. The number of anilines is 1. The van der Waals surface area contributed by atoms with Crippen molar-refractivity contribution in [3.63, 3.8) is 0 Å². The lowest BCUT2D eigenvalue weighted by Crippen LogP contribution is -2.40. The van der Waals surface area contributed by atoms with Gasteiger partial charge in [0.1, 0.15) is 0 Å². The molecular formula is C15H19N3O. The van der Waals surface area contributed by atoms with Crippen molar-refractivity contribution in [1.29, 1.82) is 0 Å². The van der Waals surface area contributed by atoms with Gasteiger partial charge in [0, 0.05) is 37.8 Å². The van der Waals surface area contributed by atoms with E-state index in [-0.39, 0.29) is 0 Å². The van der Waals surface area contributed by atoms with Crippen molar-refractivity contribution in [3.8, 4) is 0 Å². The first-order valence-corrected chi connectivity index (χ1v) is 6.67. The molecule has 0 amide bonds. The van der Waals surface area contributed by atoms with Crippen LogP contribution in [-0.4, -0.2) is 28.8 Å². The molecule has 1 aliphatic carbocycles. The molecule has 1 fully saturated rings. The highest BCUT2D eigenvalue weighted by Gasteiger charge is 2.28. The van der Waals surface area contributed by atoms with Crippen molar-refractivity contribution in [2.75, 3.05) is 12.4 Å². The Labute approximate surface area is 113 Å². The van der Waals surface area contributed by atoms with Crippen LogP contribution in [0.4, 0.5) is 5.69 Å². The number of rotatable bonds is 5. The molecule has 1 aliphatic rings. The van der Waals surface area contributed by atoms with Crippen molar-refractivity contribution in [1.82, 2.24) is 9.55 Å². The fourth-order valence-electron chi connectivity index (χ4n) is 2.46. The summed E-state index contributed by atoms with van der Waals surface area (Å²) >= 11 is 0. The monoisotopic (exact) mass is 257 g/mol. The topological polar surface area (TPSA) is 39.1 Å². The zero-order chi connectivity index (χ0) is 13.1. The molecule has 100 valence electrons. The van der Waals surface area contributed by atoms with E-state index in [4.69, 9.17) is 4.74 Å². The maximum atomic E-state index is 5.30. The molecule has 1 N–H and O–H groups in total. The maximum absolute atomic E-state index is 5.30. The third kappa shape index (κ3) is 2.96. The molecule has 0 aliphatic heterocycles. The fraction of sp³-hybridized carbons (Fsp3) is 0.400. The second-order valence-electron chi connectivity index (χ2n) is 5.11.